The quantitative estimate of drug-likeness (QED) is 0.604. The van der Waals surface area contributed by atoms with Crippen molar-refractivity contribution in [2.75, 3.05) is 17.2 Å². The second-order valence-electron chi connectivity index (χ2n) is 7.98. The third-order valence-corrected chi connectivity index (χ3v) is 6.61. The molecule has 0 bridgehead atoms. The highest BCUT2D eigenvalue weighted by Gasteiger charge is 2.55. The zero-order chi connectivity index (χ0) is 20.8. The van der Waals surface area contributed by atoms with Crippen molar-refractivity contribution in [3.05, 3.63) is 97.2 Å². The highest BCUT2D eigenvalue weighted by Crippen LogP contribution is 2.55. The zero-order valence-corrected chi connectivity index (χ0v) is 16.4. The van der Waals surface area contributed by atoms with Crippen LogP contribution in [0.4, 0.5) is 11.5 Å². The molecular formula is C23H18N4O3. The largest absolute Gasteiger partial charge is 0.383 e. The van der Waals surface area contributed by atoms with Gasteiger partial charge in [-0.2, -0.15) is 0 Å². The summed E-state index contributed by atoms with van der Waals surface area (Å²) in [6, 6.07) is 15.2. The lowest BCUT2D eigenvalue weighted by molar-refractivity contribution is 0.102. The van der Waals surface area contributed by atoms with Gasteiger partial charge < -0.3 is 10.6 Å². The summed E-state index contributed by atoms with van der Waals surface area (Å²) in [5.74, 6) is 0.345. The summed E-state index contributed by atoms with van der Waals surface area (Å²) in [5.41, 5.74) is 3.01. The number of para-hydroxylation sites is 1. The third kappa shape index (κ3) is 1.74. The number of carbonyl (C=O) groups excluding carboxylic acids is 1. The highest BCUT2D eigenvalue weighted by atomic mass is 16.2. The monoisotopic (exact) mass is 398 g/mol. The molecule has 3 aliphatic rings. The van der Waals surface area contributed by atoms with E-state index in [2.05, 4.69) is 10.6 Å². The van der Waals surface area contributed by atoms with E-state index in [1.807, 2.05) is 42.5 Å². The molecule has 148 valence electrons. The van der Waals surface area contributed by atoms with Crippen LogP contribution < -0.4 is 21.9 Å². The highest BCUT2D eigenvalue weighted by molar-refractivity contribution is 6.25. The van der Waals surface area contributed by atoms with Crippen molar-refractivity contribution < 1.29 is 4.79 Å². The van der Waals surface area contributed by atoms with Gasteiger partial charge in [0.25, 0.3) is 5.56 Å². The van der Waals surface area contributed by atoms with Crippen molar-refractivity contribution in [1.82, 2.24) is 9.13 Å². The van der Waals surface area contributed by atoms with Crippen LogP contribution in [-0.2, 0) is 19.5 Å². The first kappa shape index (κ1) is 17.0. The number of nitrogens with zero attached hydrogens (tertiary/aromatic N) is 2. The molecule has 3 aromatic rings. The van der Waals surface area contributed by atoms with Gasteiger partial charge in [-0.05, 0) is 11.6 Å². The summed E-state index contributed by atoms with van der Waals surface area (Å²) in [4.78, 5) is 39.8. The van der Waals surface area contributed by atoms with E-state index in [1.165, 1.54) is 11.6 Å². The predicted octanol–water partition coefficient (Wildman–Crippen LogP) is 1.83. The van der Waals surface area contributed by atoms with Crippen molar-refractivity contribution >= 4 is 23.0 Å². The molecule has 1 aromatic heterocycles. The number of hydrogen-bond donors (Lipinski definition) is 2. The van der Waals surface area contributed by atoms with E-state index in [-0.39, 0.29) is 5.78 Å². The van der Waals surface area contributed by atoms with Crippen molar-refractivity contribution in [1.29, 1.82) is 0 Å². The second kappa shape index (κ2) is 5.38. The van der Waals surface area contributed by atoms with Gasteiger partial charge in [0.1, 0.15) is 5.82 Å². The van der Waals surface area contributed by atoms with Gasteiger partial charge in [-0.25, -0.2) is 4.79 Å². The standard InChI is InChI=1S/C23H18N4O3/c1-26-20-17(21(29)27(2)22(26)30)23(11-24-15-10-6-5-9-14(15)23)16-18(25-20)12-7-3-4-8-13(12)19(16)28/h3-10,24-25H,11H2,1-2H3. The molecule has 3 heterocycles. The molecule has 0 amide bonds. The van der Waals surface area contributed by atoms with Crippen LogP contribution in [0.15, 0.2) is 63.7 Å². The molecule has 0 saturated heterocycles. The van der Waals surface area contributed by atoms with Crippen LogP contribution in [-0.4, -0.2) is 21.5 Å². The number of hydrogen-bond acceptors (Lipinski definition) is 5. The number of fused-ring (bicyclic) bond motifs is 7. The molecule has 2 N–H and O–H groups in total. The van der Waals surface area contributed by atoms with Crippen molar-refractivity contribution in [2.24, 2.45) is 14.1 Å². The Balaban J connectivity index is 1.82. The summed E-state index contributed by atoms with van der Waals surface area (Å²) < 4.78 is 2.57. The molecule has 0 saturated carbocycles. The lowest BCUT2D eigenvalue weighted by atomic mass is 9.68. The van der Waals surface area contributed by atoms with E-state index in [0.717, 1.165) is 21.4 Å². The van der Waals surface area contributed by atoms with Gasteiger partial charge in [0.05, 0.1) is 16.7 Å². The molecule has 1 spiro atoms. The average molecular weight is 398 g/mol. The smallest absolute Gasteiger partial charge is 0.332 e. The Morgan fingerprint density at radius 2 is 1.60 bits per heavy atom. The summed E-state index contributed by atoms with van der Waals surface area (Å²) in [6.07, 6.45) is 0. The topological polar surface area (TPSA) is 85.1 Å². The van der Waals surface area contributed by atoms with Crippen LogP contribution in [0.3, 0.4) is 0 Å². The van der Waals surface area contributed by atoms with E-state index in [4.69, 9.17) is 0 Å². The number of carbonyl (C=O) groups is 1. The molecular weight excluding hydrogens is 380 g/mol. The minimum atomic E-state index is -0.983. The number of Topliss-reactive ketones (excluding diaryl/α,β-unsaturated/α-hetero) is 1. The van der Waals surface area contributed by atoms with Gasteiger partial charge in [-0.15, -0.1) is 0 Å². The molecule has 2 aliphatic heterocycles. The number of nitrogens with one attached hydrogen (secondary N) is 2. The van der Waals surface area contributed by atoms with Crippen molar-refractivity contribution in [2.45, 2.75) is 5.41 Å². The summed E-state index contributed by atoms with van der Waals surface area (Å²) in [6.45, 7) is 0.368. The van der Waals surface area contributed by atoms with Crippen LogP contribution in [0.5, 0.6) is 0 Å². The normalized spacial score (nSPS) is 20.4. The molecule has 1 atom stereocenters. The van der Waals surface area contributed by atoms with E-state index in [0.29, 0.717) is 34.8 Å². The van der Waals surface area contributed by atoms with Crippen LogP contribution in [0.25, 0.3) is 5.70 Å². The molecule has 7 nitrogen and oxygen atoms in total. The maximum absolute atomic E-state index is 13.7. The average Bonchev–Trinajstić information content (AvgIpc) is 3.28. The lowest BCUT2D eigenvalue weighted by Gasteiger charge is -2.37. The van der Waals surface area contributed by atoms with E-state index < -0.39 is 16.7 Å². The minimum Gasteiger partial charge on any atom is -0.383 e. The van der Waals surface area contributed by atoms with E-state index >= 15 is 0 Å². The molecule has 1 aliphatic carbocycles. The van der Waals surface area contributed by atoms with Crippen LogP contribution >= 0.6 is 0 Å². The Hall–Kier alpha value is -3.87. The Labute approximate surface area is 171 Å². The Morgan fingerprint density at radius 3 is 2.40 bits per heavy atom. The van der Waals surface area contributed by atoms with Gasteiger partial charge in [0.2, 0.25) is 0 Å². The first-order valence-corrected chi connectivity index (χ1v) is 9.76. The fourth-order valence-corrected chi connectivity index (χ4v) is 5.22. The SMILES string of the molecule is Cn1c2c(c(=O)n(C)c1=O)C1(CNc3ccccc31)C1=C(N2)c2ccccc2C1=O. The number of rotatable bonds is 0. The summed E-state index contributed by atoms with van der Waals surface area (Å²) in [5, 5.41) is 6.68. The molecule has 0 fully saturated rings. The molecule has 1 unspecified atom stereocenters. The maximum Gasteiger partial charge on any atom is 0.332 e. The predicted molar refractivity (Wildman–Crippen MR) is 114 cm³/mol. The maximum atomic E-state index is 13.7. The van der Waals surface area contributed by atoms with Crippen molar-refractivity contribution in [3.8, 4) is 0 Å². The Morgan fingerprint density at radius 1 is 0.900 bits per heavy atom. The minimum absolute atomic E-state index is 0.0897. The van der Waals surface area contributed by atoms with E-state index in [9.17, 15) is 14.4 Å². The lowest BCUT2D eigenvalue weighted by Crippen LogP contribution is -2.50. The molecule has 6 rings (SSSR count). The van der Waals surface area contributed by atoms with Gasteiger partial charge in [-0.3, -0.25) is 18.7 Å². The van der Waals surface area contributed by atoms with Crippen LogP contribution in [0.2, 0.25) is 0 Å². The Kier molecular flexibility index (Phi) is 3.06. The number of benzene rings is 2. The van der Waals surface area contributed by atoms with E-state index in [1.54, 1.807) is 13.1 Å². The van der Waals surface area contributed by atoms with Gasteiger partial charge in [0, 0.05) is 43.0 Å². The number of aromatic nitrogens is 2. The fourth-order valence-electron chi connectivity index (χ4n) is 5.22. The van der Waals surface area contributed by atoms with Crippen LogP contribution in [0.1, 0.15) is 27.0 Å². The first-order valence-electron chi connectivity index (χ1n) is 9.76. The summed E-state index contributed by atoms with van der Waals surface area (Å²) in [7, 11) is 3.12. The van der Waals surface area contributed by atoms with Crippen molar-refractivity contribution in [3.63, 3.8) is 0 Å². The van der Waals surface area contributed by atoms with Crippen LogP contribution in [0, 0.1) is 0 Å². The molecule has 30 heavy (non-hydrogen) atoms. The molecule has 2 aromatic carbocycles. The number of anilines is 2. The summed E-state index contributed by atoms with van der Waals surface area (Å²) >= 11 is 0. The van der Waals surface area contributed by atoms with Gasteiger partial charge in [0.15, 0.2) is 5.78 Å². The second-order valence-corrected chi connectivity index (χ2v) is 7.98. The fraction of sp³-hybridized carbons (Fsp3) is 0.174. The van der Waals surface area contributed by atoms with Gasteiger partial charge in [-0.1, -0.05) is 42.5 Å². The molecule has 0 radical (unpaired) electrons. The first-order chi connectivity index (χ1) is 14.5. The Bertz CT molecular complexity index is 1460. The number of ketones is 1. The zero-order valence-electron chi connectivity index (χ0n) is 16.4. The third-order valence-electron chi connectivity index (χ3n) is 6.61. The van der Waals surface area contributed by atoms with Gasteiger partial charge >= 0.3 is 5.69 Å². The molecule has 7 heteroatoms.